The van der Waals surface area contributed by atoms with E-state index < -0.39 is 0 Å². The van der Waals surface area contributed by atoms with Gasteiger partial charge in [0.05, 0.1) is 30.7 Å². The van der Waals surface area contributed by atoms with Gasteiger partial charge < -0.3 is 19.2 Å². The third-order valence-corrected chi connectivity index (χ3v) is 5.36. The van der Waals surface area contributed by atoms with Crippen LogP contribution < -0.4 is 14.8 Å². The van der Waals surface area contributed by atoms with Crippen LogP contribution in [0.2, 0.25) is 0 Å². The van der Waals surface area contributed by atoms with Crippen molar-refractivity contribution in [2.75, 3.05) is 12.4 Å². The second-order valence-corrected chi connectivity index (χ2v) is 7.88. The monoisotopic (exact) mass is 445 g/mol. The predicted octanol–water partition coefficient (Wildman–Crippen LogP) is 5.29. The first-order valence-electron chi connectivity index (χ1n) is 10.7. The summed E-state index contributed by atoms with van der Waals surface area (Å²) < 4.78 is 18.4. The Bertz CT molecular complexity index is 1260. The van der Waals surface area contributed by atoms with Gasteiger partial charge in [-0.1, -0.05) is 29.8 Å². The maximum absolute atomic E-state index is 12.8. The smallest absolute Gasteiger partial charge is 0.291 e. The van der Waals surface area contributed by atoms with Gasteiger partial charge >= 0.3 is 0 Å². The minimum Gasteiger partial charge on any atom is -0.497 e. The van der Waals surface area contributed by atoms with E-state index in [2.05, 4.69) is 35.5 Å². The van der Waals surface area contributed by atoms with Crippen LogP contribution in [0.3, 0.4) is 0 Å². The van der Waals surface area contributed by atoms with E-state index in [1.54, 1.807) is 19.2 Å². The number of methoxy groups -OCH3 is 1. The number of aryl methyl sites for hydroxylation is 2. The van der Waals surface area contributed by atoms with Crippen molar-refractivity contribution in [2.45, 2.75) is 33.9 Å². The fourth-order valence-electron chi connectivity index (χ4n) is 3.59. The number of aromatic nitrogens is 2. The van der Waals surface area contributed by atoms with Gasteiger partial charge in [0.25, 0.3) is 5.91 Å². The number of hydrogen-bond donors (Lipinski definition) is 1. The molecule has 170 valence electrons. The number of rotatable bonds is 8. The Morgan fingerprint density at radius 1 is 1.03 bits per heavy atom. The van der Waals surface area contributed by atoms with Gasteiger partial charge in [-0.05, 0) is 62.7 Å². The number of anilines is 1. The number of hydrogen-bond acceptors (Lipinski definition) is 5. The molecule has 0 saturated carbocycles. The molecule has 7 heteroatoms. The van der Waals surface area contributed by atoms with E-state index in [0.29, 0.717) is 23.7 Å². The Morgan fingerprint density at radius 2 is 1.79 bits per heavy atom. The lowest BCUT2D eigenvalue weighted by Gasteiger charge is -2.07. The molecule has 0 atom stereocenters. The highest BCUT2D eigenvalue weighted by Crippen LogP contribution is 2.23. The lowest BCUT2D eigenvalue weighted by molar-refractivity contribution is 0.0992. The Labute approximate surface area is 192 Å². The molecular formula is C26H27N3O4. The van der Waals surface area contributed by atoms with Crippen LogP contribution >= 0.6 is 0 Å². The molecule has 0 saturated heterocycles. The third-order valence-electron chi connectivity index (χ3n) is 5.36. The summed E-state index contributed by atoms with van der Waals surface area (Å²) in [5.74, 6) is 1.89. The van der Waals surface area contributed by atoms with Crippen LogP contribution in [0.25, 0.3) is 0 Å². The van der Waals surface area contributed by atoms with Gasteiger partial charge in [0.2, 0.25) is 0 Å². The van der Waals surface area contributed by atoms with Crippen LogP contribution in [0.4, 0.5) is 5.69 Å². The van der Waals surface area contributed by atoms with E-state index in [0.717, 1.165) is 22.7 Å². The molecule has 0 radical (unpaired) electrons. The van der Waals surface area contributed by atoms with Gasteiger partial charge in [-0.3, -0.25) is 9.48 Å². The fourth-order valence-corrected chi connectivity index (χ4v) is 3.59. The summed E-state index contributed by atoms with van der Waals surface area (Å²) in [6, 6.07) is 18.9. The van der Waals surface area contributed by atoms with Crippen molar-refractivity contribution >= 4 is 11.6 Å². The van der Waals surface area contributed by atoms with Crippen molar-refractivity contribution < 1.29 is 18.7 Å². The van der Waals surface area contributed by atoms with Crippen molar-refractivity contribution in [1.82, 2.24) is 9.78 Å². The van der Waals surface area contributed by atoms with E-state index in [-0.39, 0.29) is 18.3 Å². The van der Waals surface area contributed by atoms with Crippen molar-refractivity contribution in [3.8, 4) is 11.5 Å². The average molecular weight is 446 g/mol. The number of furan rings is 1. The molecule has 33 heavy (non-hydrogen) atoms. The summed E-state index contributed by atoms with van der Waals surface area (Å²) in [7, 11) is 1.61. The fraction of sp³-hybridized carbons (Fsp3) is 0.231. The van der Waals surface area contributed by atoms with Gasteiger partial charge in [0.1, 0.15) is 23.9 Å². The van der Waals surface area contributed by atoms with Crippen molar-refractivity contribution in [3.63, 3.8) is 0 Å². The quantitative estimate of drug-likeness (QED) is 0.399. The Kier molecular flexibility index (Phi) is 6.49. The van der Waals surface area contributed by atoms with E-state index in [1.807, 2.05) is 48.9 Å². The van der Waals surface area contributed by atoms with E-state index in [9.17, 15) is 4.79 Å². The topological polar surface area (TPSA) is 78.5 Å². The molecule has 0 spiro atoms. The van der Waals surface area contributed by atoms with Gasteiger partial charge in [-0.25, -0.2) is 0 Å². The normalized spacial score (nSPS) is 10.8. The zero-order valence-electron chi connectivity index (χ0n) is 19.2. The lowest BCUT2D eigenvalue weighted by Crippen LogP contribution is -2.12. The van der Waals surface area contributed by atoms with Crippen LogP contribution in [-0.2, 0) is 13.2 Å². The van der Waals surface area contributed by atoms with Gasteiger partial charge in [-0.15, -0.1) is 0 Å². The molecule has 0 fully saturated rings. The number of benzene rings is 2. The molecule has 0 unspecified atom stereocenters. The molecule has 1 amide bonds. The first-order chi connectivity index (χ1) is 15.9. The summed E-state index contributed by atoms with van der Waals surface area (Å²) in [6.45, 7) is 6.74. The highest BCUT2D eigenvalue weighted by Gasteiger charge is 2.18. The standard InChI is InChI=1S/C26H27N3O4/c1-17-6-5-7-20(14-17)15-29-19(3)25(18(2)28-29)27-26(30)24-13-12-23(33-24)16-32-22-10-8-21(31-4)9-11-22/h5-14H,15-16H2,1-4H3,(H,27,30). The molecular weight excluding hydrogens is 418 g/mol. The molecule has 0 bridgehead atoms. The Morgan fingerprint density at radius 3 is 2.52 bits per heavy atom. The molecule has 4 rings (SSSR count). The van der Waals surface area contributed by atoms with Gasteiger partial charge in [-0.2, -0.15) is 5.10 Å². The van der Waals surface area contributed by atoms with E-state index in [4.69, 9.17) is 13.9 Å². The molecule has 2 heterocycles. The van der Waals surface area contributed by atoms with Crippen LogP contribution in [0, 0.1) is 20.8 Å². The molecule has 4 aromatic rings. The Balaban J connectivity index is 1.40. The van der Waals surface area contributed by atoms with Gasteiger partial charge in [0.15, 0.2) is 5.76 Å². The number of amides is 1. The molecule has 0 aliphatic rings. The summed E-state index contributed by atoms with van der Waals surface area (Å²) in [5, 5.41) is 7.55. The largest absolute Gasteiger partial charge is 0.497 e. The molecule has 7 nitrogen and oxygen atoms in total. The molecule has 1 N–H and O–H groups in total. The first kappa shape index (κ1) is 22.2. The zero-order valence-corrected chi connectivity index (χ0v) is 19.2. The lowest BCUT2D eigenvalue weighted by atomic mass is 10.1. The minimum absolute atomic E-state index is 0.214. The molecule has 0 aliphatic carbocycles. The minimum atomic E-state index is -0.327. The average Bonchev–Trinajstić information content (AvgIpc) is 3.39. The van der Waals surface area contributed by atoms with Crippen LogP contribution in [-0.4, -0.2) is 22.8 Å². The zero-order chi connectivity index (χ0) is 23.4. The highest BCUT2D eigenvalue weighted by molar-refractivity contribution is 6.02. The highest BCUT2D eigenvalue weighted by atomic mass is 16.5. The molecule has 0 aliphatic heterocycles. The van der Waals surface area contributed by atoms with Gasteiger partial charge in [0, 0.05) is 0 Å². The molecule has 2 aromatic heterocycles. The van der Waals surface area contributed by atoms with Crippen molar-refractivity contribution in [1.29, 1.82) is 0 Å². The number of nitrogens with zero attached hydrogens (tertiary/aromatic N) is 2. The Hall–Kier alpha value is -4.00. The first-order valence-corrected chi connectivity index (χ1v) is 10.7. The maximum Gasteiger partial charge on any atom is 0.291 e. The number of carbonyl (C=O) groups excluding carboxylic acids is 1. The SMILES string of the molecule is COc1ccc(OCc2ccc(C(=O)Nc3c(C)nn(Cc4cccc(C)c4)c3C)o2)cc1. The number of carbonyl (C=O) groups is 1. The maximum atomic E-state index is 12.8. The second kappa shape index (κ2) is 9.65. The summed E-state index contributed by atoms with van der Waals surface area (Å²) >= 11 is 0. The number of ether oxygens (including phenoxy) is 2. The summed E-state index contributed by atoms with van der Waals surface area (Å²) in [5.41, 5.74) is 4.69. The predicted molar refractivity (Wildman–Crippen MR) is 126 cm³/mol. The van der Waals surface area contributed by atoms with Crippen molar-refractivity contribution in [3.05, 3.63) is 94.7 Å². The van der Waals surface area contributed by atoms with E-state index in [1.165, 1.54) is 5.56 Å². The number of nitrogens with one attached hydrogen (secondary N) is 1. The van der Waals surface area contributed by atoms with Crippen LogP contribution in [0.15, 0.2) is 65.1 Å². The van der Waals surface area contributed by atoms with Crippen LogP contribution in [0.5, 0.6) is 11.5 Å². The van der Waals surface area contributed by atoms with Crippen LogP contribution in [0.1, 0.15) is 38.8 Å². The van der Waals surface area contributed by atoms with Crippen molar-refractivity contribution in [2.24, 2.45) is 0 Å². The summed E-state index contributed by atoms with van der Waals surface area (Å²) in [6.07, 6.45) is 0. The summed E-state index contributed by atoms with van der Waals surface area (Å²) in [4.78, 5) is 12.8. The second-order valence-electron chi connectivity index (χ2n) is 7.88. The molecule has 2 aromatic carbocycles. The third kappa shape index (κ3) is 5.26. The van der Waals surface area contributed by atoms with E-state index >= 15 is 0 Å².